The number of nitrogens with zero attached hydrogens (tertiary/aromatic N) is 1. The first-order valence-corrected chi connectivity index (χ1v) is 3.98. The van der Waals surface area contributed by atoms with Gasteiger partial charge in [0.1, 0.15) is 12.4 Å². The quantitative estimate of drug-likeness (QED) is 0.709. The fourth-order valence-electron chi connectivity index (χ4n) is 1.14. The topological polar surface area (TPSA) is 66.6 Å². The Balaban J connectivity index is 2.93. The molecule has 76 valence electrons. The highest BCUT2D eigenvalue weighted by molar-refractivity contribution is 5.77. The molecule has 1 aromatic rings. The van der Waals surface area contributed by atoms with Gasteiger partial charge in [-0.1, -0.05) is 0 Å². The van der Waals surface area contributed by atoms with Crippen molar-refractivity contribution in [2.45, 2.75) is 0 Å². The van der Waals surface area contributed by atoms with Crippen molar-refractivity contribution in [3.8, 4) is 0 Å². The van der Waals surface area contributed by atoms with E-state index in [1.165, 1.54) is 23.1 Å². The lowest BCUT2D eigenvalue weighted by molar-refractivity contribution is -0.135. The van der Waals surface area contributed by atoms with Gasteiger partial charge in [-0.05, 0) is 18.2 Å². The van der Waals surface area contributed by atoms with Crippen LogP contribution in [0.2, 0.25) is 0 Å². The zero-order valence-electron chi connectivity index (χ0n) is 7.70. The number of nitrogens with two attached hydrogens (primary N) is 1. The predicted octanol–water partition coefficient (Wildman–Crippen LogP) is 0.929. The van der Waals surface area contributed by atoms with Crippen LogP contribution >= 0.6 is 0 Å². The summed E-state index contributed by atoms with van der Waals surface area (Å²) in [4.78, 5) is 11.8. The third-order valence-corrected chi connectivity index (χ3v) is 1.78. The third kappa shape index (κ3) is 2.35. The summed E-state index contributed by atoms with van der Waals surface area (Å²) < 4.78 is 12.8. The molecule has 0 radical (unpaired) electrons. The first-order valence-electron chi connectivity index (χ1n) is 3.98. The standard InChI is InChI=1S/C9H11FN2O2/c1-12(5-9(13)14)8-4-6(10)2-3-7(8)11/h2-4H,5,11H2,1H3,(H,13,14). The molecule has 0 spiro atoms. The zero-order chi connectivity index (χ0) is 10.7. The highest BCUT2D eigenvalue weighted by atomic mass is 19.1. The number of benzene rings is 1. The Morgan fingerprint density at radius 2 is 2.29 bits per heavy atom. The van der Waals surface area contributed by atoms with Crippen LogP contribution in [0.3, 0.4) is 0 Å². The van der Waals surface area contributed by atoms with E-state index in [9.17, 15) is 9.18 Å². The van der Waals surface area contributed by atoms with Crippen molar-refractivity contribution in [1.29, 1.82) is 0 Å². The lowest BCUT2D eigenvalue weighted by Crippen LogP contribution is -2.25. The molecule has 1 aromatic carbocycles. The van der Waals surface area contributed by atoms with Gasteiger partial charge in [-0.2, -0.15) is 0 Å². The summed E-state index contributed by atoms with van der Waals surface area (Å²) in [6.45, 7) is -0.215. The van der Waals surface area contributed by atoms with Crippen LogP contribution in [0, 0.1) is 5.82 Å². The molecule has 0 amide bonds. The van der Waals surface area contributed by atoms with Crippen molar-refractivity contribution in [2.24, 2.45) is 0 Å². The Labute approximate surface area is 80.7 Å². The normalized spacial score (nSPS) is 9.86. The van der Waals surface area contributed by atoms with E-state index >= 15 is 0 Å². The molecule has 0 saturated heterocycles. The van der Waals surface area contributed by atoms with Crippen molar-refractivity contribution in [3.05, 3.63) is 24.0 Å². The molecule has 0 saturated carbocycles. The summed E-state index contributed by atoms with van der Waals surface area (Å²) in [6, 6.07) is 3.84. The van der Waals surface area contributed by atoms with Crippen molar-refractivity contribution in [2.75, 3.05) is 24.2 Å². The number of carbonyl (C=O) groups is 1. The second-order valence-electron chi connectivity index (χ2n) is 2.95. The summed E-state index contributed by atoms with van der Waals surface area (Å²) in [5, 5.41) is 8.53. The van der Waals surface area contributed by atoms with Gasteiger partial charge in [0.2, 0.25) is 0 Å². The molecule has 0 aliphatic heterocycles. The van der Waals surface area contributed by atoms with E-state index in [0.29, 0.717) is 11.4 Å². The third-order valence-electron chi connectivity index (χ3n) is 1.78. The number of anilines is 2. The number of carboxylic acid groups (broad SMARTS) is 1. The minimum Gasteiger partial charge on any atom is -0.480 e. The highest BCUT2D eigenvalue weighted by Crippen LogP contribution is 2.22. The minimum absolute atomic E-state index is 0.215. The van der Waals surface area contributed by atoms with Gasteiger partial charge in [0.05, 0.1) is 11.4 Å². The average molecular weight is 198 g/mol. The number of rotatable bonds is 3. The Kier molecular flexibility index (Phi) is 2.91. The van der Waals surface area contributed by atoms with Gasteiger partial charge in [0, 0.05) is 7.05 Å². The van der Waals surface area contributed by atoms with Crippen molar-refractivity contribution in [1.82, 2.24) is 0 Å². The molecule has 0 aliphatic rings. The maximum Gasteiger partial charge on any atom is 0.323 e. The molecule has 3 N–H and O–H groups in total. The molecular formula is C9H11FN2O2. The van der Waals surface area contributed by atoms with Gasteiger partial charge in [0.25, 0.3) is 0 Å². The van der Waals surface area contributed by atoms with Crippen LogP contribution in [0.4, 0.5) is 15.8 Å². The number of carboxylic acids is 1. The molecule has 0 bridgehead atoms. The Morgan fingerprint density at radius 3 is 2.86 bits per heavy atom. The van der Waals surface area contributed by atoms with Crippen LogP contribution < -0.4 is 10.6 Å². The van der Waals surface area contributed by atoms with Crippen LogP contribution in [0.1, 0.15) is 0 Å². The number of halogens is 1. The van der Waals surface area contributed by atoms with Crippen molar-refractivity contribution < 1.29 is 14.3 Å². The fraction of sp³-hybridized carbons (Fsp3) is 0.222. The average Bonchev–Trinajstić information content (AvgIpc) is 2.08. The lowest BCUT2D eigenvalue weighted by Gasteiger charge is -2.18. The van der Waals surface area contributed by atoms with Gasteiger partial charge >= 0.3 is 5.97 Å². The van der Waals surface area contributed by atoms with Crippen LogP contribution in [0.15, 0.2) is 18.2 Å². The number of hydrogen-bond acceptors (Lipinski definition) is 3. The number of hydrogen-bond donors (Lipinski definition) is 2. The van der Waals surface area contributed by atoms with Crippen molar-refractivity contribution >= 4 is 17.3 Å². The monoisotopic (exact) mass is 198 g/mol. The van der Waals surface area contributed by atoms with Gasteiger partial charge < -0.3 is 15.7 Å². The van der Waals surface area contributed by atoms with E-state index in [1.54, 1.807) is 7.05 Å². The van der Waals surface area contributed by atoms with Gasteiger partial charge in [-0.25, -0.2) is 4.39 Å². The highest BCUT2D eigenvalue weighted by Gasteiger charge is 2.09. The summed E-state index contributed by atoms with van der Waals surface area (Å²) in [5.74, 6) is -1.43. The minimum atomic E-state index is -0.990. The second kappa shape index (κ2) is 3.95. The van der Waals surface area contributed by atoms with Crippen LogP contribution in [0.5, 0.6) is 0 Å². The van der Waals surface area contributed by atoms with E-state index < -0.39 is 11.8 Å². The molecule has 0 aliphatic carbocycles. The first kappa shape index (κ1) is 10.3. The summed E-state index contributed by atoms with van der Waals surface area (Å²) >= 11 is 0. The number of aliphatic carboxylic acids is 1. The molecule has 0 atom stereocenters. The molecular weight excluding hydrogens is 187 g/mol. The smallest absolute Gasteiger partial charge is 0.323 e. The zero-order valence-corrected chi connectivity index (χ0v) is 7.70. The first-order chi connectivity index (χ1) is 6.50. The van der Waals surface area contributed by atoms with Crippen LogP contribution in [-0.4, -0.2) is 24.7 Å². The summed E-state index contributed by atoms with van der Waals surface area (Å²) in [7, 11) is 1.54. The second-order valence-corrected chi connectivity index (χ2v) is 2.95. The molecule has 0 aromatic heterocycles. The molecule has 0 unspecified atom stereocenters. The Morgan fingerprint density at radius 1 is 1.64 bits per heavy atom. The molecule has 0 heterocycles. The predicted molar refractivity (Wildman–Crippen MR) is 51.7 cm³/mol. The van der Waals surface area contributed by atoms with E-state index in [2.05, 4.69) is 0 Å². The maximum absolute atomic E-state index is 12.8. The molecule has 1 rings (SSSR count). The van der Waals surface area contributed by atoms with Gasteiger partial charge in [0.15, 0.2) is 0 Å². The van der Waals surface area contributed by atoms with E-state index in [4.69, 9.17) is 10.8 Å². The van der Waals surface area contributed by atoms with E-state index in [0.717, 1.165) is 0 Å². The largest absolute Gasteiger partial charge is 0.480 e. The van der Waals surface area contributed by atoms with Gasteiger partial charge in [-0.3, -0.25) is 4.79 Å². The molecule has 5 heteroatoms. The summed E-state index contributed by atoms with van der Waals surface area (Å²) in [6.07, 6.45) is 0. The lowest BCUT2D eigenvalue weighted by atomic mass is 10.2. The van der Waals surface area contributed by atoms with E-state index in [-0.39, 0.29) is 6.54 Å². The Bertz CT molecular complexity index is 355. The Hall–Kier alpha value is -1.78. The fourth-order valence-corrected chi connectivity index (χ4v) is 1.14. The van der Waals surface area contributed by atoms with Crippen LogP contribution in [0.25, 0.3) is 0 Å². The summed E-state index contributed by atoms with van der Waals surface area (Å²) in [5.41, 5.74) is 6.30. The molecule has 14 heavy (non-hydrogen) atoms. The molecule has 0 fully saturated rings. The van der Waals surface area contributed by atoms with Crippen molar-refractivity contribution in [3.63, 3.8) is 0 Å². The number of likely N-dealkylation sites (N-methyl/N-ethyl adjacent to an activating group) is 1. The van der Waals surface area contributed by atoms with E-state index in [1.807, 2.05) is 0 Å². The number of nitrogen functional groups attached to an aromatic ring is 1. The van der Waals surface area contributed by atoms with Crippen LogP contribution in [-0.2, 0) is 4.79 Å². The SMILES string of the molecule is CN(CC(=O)O)c1cc(F)ccc1N. The molecule has 4 nitrogen and oxygen atoms in total. The van der Waals surface area contributed by atoms with Gasteiger partial charge in [-0.15, -0.1) is 0 Å². The maximum atomic E-state index is 12.8.